The Morgan fingerprint density at radius 1 is 0.912 bits per heavy atom. The second-order valence-electron chi connectivity index (χ2n) is 8.69. The lowest BCUT2D eigenvalue weighted by Gasteiger charge is -2.50. The van der Waals surface area contributed by atoms with E-state index in [9.17, 15) is 31.4 Å². The molecule has 2 aliphatic heterocycles. The average molecular weight is 510 g/mol. The highest BCUT2D eigenvalue weighted by atomic mass is 35.5. The highest BCUT2D eigenvalue weighted by molar-refractivity contribution is 5.85. The molecule has 188 valence electrons. The molecule has 1 N–H and O–H groups in total. The highest BCUT2D eigenvalue weighted by Gasteiger charge is 2.55. The number of nitrogens with zero attached hydrogens (tertiary/aromatic N) is 1. The van der Waals surface area contributed by atoms with Gasteiger partial charge in [-0.25, -0.2) is 0 Å². The first-order valence-electron chi connectivity index (χ1n) is 10.9. The van der Waals surface area contributed by atoms with E-state index in [1.807, 2.05) is 30.3 Å². The van der Waals surface area contributed by atoms with Crippen molar-refractivity contribution in [1.82, 2.24) is 4.90 Å². The largest absolute Gasteiger partial charge is 0.416 e. The van der Waals surface area contributed by atoms with Crippen molar-refractivity contribution in [2.75, 3.05) is 13.2 Å². The number of hydrogen-bond donors (Lipinski definition) is 1. The van der Waals surface area contributed by atoms with Gasteiger partial charge in [-0.2, -0.15) is 26.3 Å². The molecule has 34 heavy (non-hydrogen) atoms. The van der Waals surface area contributed by atoms with Crippen LogP contribution in [0.15, 0.2) is 48.5 Å². The van der Waals surface area contributed by atoms with E-state index < -0.39 is 35.1 Å². The van der Waals surface area contributed by atoms with Gasteiger partial charge in [-0.3, -0.25) is 4.90 Å². The van der Waals surface area contributed by atoms with Crippen molar-refractivity contribution in [3.8, 4) is 0 Å². The average Bonchev–Trinajstić information content (AvgIpc) is 3.01. The Balaban J connectivity index is 0.00000324. The molecule has 2 aliphatic rings. The summed E-state index contributed by atoms with van der Waals surface area (Å²) in [6, 6.07) is 11.4. The second-order valence-corrected chi connectivity index (χ2v) is 8.69. The third kappa shape index (κ3) is 5.08. The van der Waals surface area contributed by atoms with Crippen LogP contribution in [0.1, 0.15) is 47.9 Å². The summed E-state index contributed by atoms with van der Waals surface area (Å²) >= 11 is 0. The number of ether oxygens (including phenoxy) is 1. The standard InChI is InChI=1S/C24H25F6NO2.ClH/c25-23(26,27)18-12-16(13-19(14-18)24(28,29)30)15-33-21-7-6-20-8-9-22(21,31(20)10-11-32)17-4-2-1-3-5-17;/h1-5,12-14,20-21,32H,6-11,15H2;1H. The molecule has 0 aromatic heterocycles. The maximum Gasteiger partial charge on any atom is 0.416 e. The zero-order chi connectivity index (χ0) is 23.9. The van der Waals surface area contributed by atoms with Gasteiger partial charge < -0.3 is 9.84 Å². The van der Waals surface area contributed by atoms with Gasteiger partial charge in [0, 0.05) is 12.6 Å². The Kier molecular flexibility index (Phi) is 7.92. The summed E-state index contributed by atoms with van der Waals surface area (Å²) in [5, 5.41) is 9.66. The van der Waals surface area contributed by atoms with E-state index in [-0.39, 0.29) is 43.3 Å². The van der Waals surface area contributed by atoms with Crippen molar-refractivity contribution in [3.63, 3.8) is 0 Å². The van der Waals surface area contributed by atoms with Crippen LogP contribution in [0.2, 0.25) is 0 Å². The zero-order valence-electron chi connectivity index (χ0n) is 18.2. The van der Waals surface area contributed by atoms with E-state index in [4.69, 9.17) is 4.74 Å². The highest BCUT2D eigenvalue weighted by Crippen LogP contribution is 2.51. The molecule has 2 fully saturated rings. The number of halogens is 7. The SMILES string of the molecule is Cl.OCCN1C2CCC(OCc3cc(C(F)(F)F)cc(C(F)(F)F)c3)C1(c1ccccc1)CC2. The molecular formula is C24H26ClF6NO2. The number of benzene rings is 2. The quantitative estimate of drug-likeness (QED) is 0.472. The van der Waals surface area contributed by atoms with Gasteiger partial charge in [0.2, 0.25) is 0 Å². The van der Waals surface area contributed by atoms with Gasteiger partial charge in [0.05, 0.1) is 36.0 Å². The molecule has 0 amide bonds. The number of hydrogen-bond acceptors (Lipinski definition) is 3. The minimum Gasteiger partial charge on any atom is -0.395 e. The topological polar surface area (TPSA) is 32.7 Å². The Labute approximate surface area is 200 Å². The van der Waals surface area contributed by atoms with E-state index >= 15 is 0 Å². The van der Waals surface area contributed by atoms with Gasteiger partial charge in [-0.15, -0.1) is 12.4 Å². The minimum absolute atomic E-state index is 0. The molecule has 10 heteroatoms. The molecule has 0 aliphatic carbocycles. The summed E-state index contributed by atoms with van der Waals surface area (Å²) in [5.41, 5.74) is -2.47. The fourth-order valence-electron chi connectivity index (χ4n) is 5.47. The smallest absolute Gasteiger partial charge is 0.395 e. The lowest BCUT2D eigenvalue weighted by molar-refractivity contribution is -0.143. The van der Waals surface area contributed by atoms with Crippen LogP contribution in [-0.4, -0.2) is 35.3 Å². The molecular weight excluding hydrogens is 484 g/mol. The number of alkyl halides is 6. The van der Waals surface area contributed by atoms with Crippen molar-refractivity contribution >= 4 is 12.4 Å². The van der Waals surface area contributed by atoms with E-state index in [1.165, 1.54) is 0 Å². The third-order valence-corrected chi connectivity index (χ3v) is 6.82. The predicted octanol–water partition coefficient (Wildman–Crippen LogP) is 6.18. The Morgan fingerprint density at radius 3 is 2.09 bits per heavy atom. The van der Waals surface area contributed by atoms with Crippen molar-refractivity contribution in [1.29, 1.82) is 0 Å². The molecule has 0 spiro atoms. The molecule has 4 rings (SSSR count). The summed E-state index contributed by atoms with van der Waals surface area (Å²) in [4.78, 5) is 2.20. The third-order valence-electron chi connectivity index (χ3n) is 6.82. The second kappa shape index (κ2) is 10.0. The maximum atomic E-state index is 13.2. The molecule has 0 saturated carbocycles. The van der Waals surface area contributed by atoms with Gasteiger partial charge in [0.15, 0.2) is 0 Å². The lowest BCUT2D eigenvalue weighted by Crippen LogP contribution is -2.57. The first-order valence-corrected chi connectivity index (χ1v) is 10.9. The van der Waals surface area contributed by atoms with Crippen molar-refractivity contribution in [2.45, 2.75) is 62.3 Å². The van der Waals surface area contributed by atoms with E-state index in [1.54, 1.807) is 0 Å². The van der Waals surface area contributed by atoms with E-state index in [0.717, 1.165) is 37.0 Å². The number of rotatable bonds is 6. The molecule has 0 radical (unpaired) electrons. The van der Waals surface area contributed by atoms with E-state index in [2.05, 4.69) is 4.90 Å². The van der Waals surface area contributed by atoms with Crippen LogP contribution in [0.4, 0.5) is 26.3 Å². The monoisotopic (exact) mass is 509 g/mol. The normalized spacial score (nSPS) is 25.3. The van der Waals surface area contributed by atoms with Gasteiger partial charge in [-0.1, -0.05) is 30.3 Å². The molecule has 2 aromatic carbocycles. The van der Waals surface area contributed by atoms with Crippen LogP contribution >= 0.6 is 12.4 Å². The molecule has 3 atom stereocenters. The molecule has 2 saturated heterocycles. The number of fused-ring (bicyclic) bond motifs is 2. The predicted molar refractivity (Wildman–Crippen MR) is 116 cm³/mol. The van der Waals surface area contributed by atoms with Gasteiger partial charge in [0.1, 0.15) is 0 Å². The maximum absolute atomic E-state index is 13.2. The Morgan fingerprint density at radius 2 is 1.53 bits per heavy atom. The Bertz CT molecular complexity index is 936. The van der Waals surface area contributed by atoms with Crippen LogP contribution in [0.25, 0.3) is 0 Å². The van der Waals surface area contributed by atoms with Crippen molar-refractivity contribution < 1.29 is 36.2 Å². The van der Waals surface area contributed by atoms with Crippen LogP contribution < -0.4 is 0 Å². The number of aliphatic hydroxyl groups is 1. The van der Waals surface area contributed by atoms with E-state index in [0.29, 0.717) is 13.0 Å². The summed E-state index contributed by atoms with van der Waals surface area (Å²) in [5.74, 6) is 0. The van der Waals surface area contributed by atoms with Crippen LogP contribution in [-0.2, 0) is 29.2 Å². The Hall–Kier alpha value is -1.81. The van der Waals surface area contributed by atoms with Gasteiger partial charge in [0.25, 0.3) is 0 Å². The molecule has 2 bridgehead atoms. The summed E-state index contributed by atoms with van der Waals surface area (Å²) in [7, 11) is 0. The fraction of sp³-hybridized carbons (Fsp3) is 0.500. The van der Waals surface area contributed by atoms with Crippen molar-refractivity contribution in [3.05, 3.63) is 70.8 Å². The van der Waals surface area contributed by atoms with Gasteiger partial charge >= 0.3 is 12.4 Å². The van der Waals surface area contributed by atoms with Gasteiger partial charge in [-0.05, 0) is 55.0 Å². The zero-order valence-corrected chi connectivity index (χ0v) is 19.0. The summed E-state index contributed by atoms with van der Waals surface area (Å²) in [6.45, 7) is -0.00847. The molecule has 2 heterocycles. The molecule has 2 aromatic rings. The first-order chi connectivity index (χ1) is 15.6. The number of aliphatic hydroxyl groups excluding tert-OH is 1. The van der Waals surface area contributed by atoms with Crippen molar-refractivity contribution in [2.24, 2.45) is 0 Å². The molecule has 3 nitrogen and oxygen atoms in total. The van der Waals surface area contributed by atoms with Crippen LogP contribution in [0.3, 0.4) is 0 Å². The minimum atomic E-state index is -4.90. The molecule has 3 unspecified atom stereocenters. The first kappa shape index (κ1) is 26.8. The van der Waals surface area contributed by atoms with Crippen LogP contribution in [0.5, 0.6) is 0 Å². The fourth-order valence-corrected chi connectivity index (χ4v) is 5.47. The summed E-state index contributed by atoms with van der Waals surface area (Å²) in [6.07, 6.45) is -7.19. The lowest BCUT2D eigenvalue weighted by atomic mass is 9.79. The van der Waals surface area contributed by atoms with Crippen LogP contribution in [0, 0.1) is 0 Å². The summed E-state index contributed by atoms with van der Waals surface area (Å²) < 4.78 is 85.5. The number of piperidine rings is 1.